The summed E-state index contributed by atoms with van der Waals surface area (Å²) in [6.07, 6.45) is 7.10. The van der Waals surface area contributed by atoms with E-state index in [1.165, 1.54) is 10.7 Å². The summed E-state index contributed by atoms with van der Waals surface area (Å²) in [5.74, 6) is 0.697. The normalized spacial score (nSPS) is 15.3. The van der Waals surface area contributed by atoms with Crippen LogP contribution in [0.25, 0.3) is 0 Å². The quantitative estimate of drug-likeness (QED) is 0.272. The fraction of sp³-hybridized carbons (Fsp3) is 0.429. The van der Waals surface area contributed by atoms with Gasteiger partial charge in [-0.1, -0.05) is 73.9 Å². The van der Waals surface area contributed by atoms with Crippen LogP contribution in [0, 0.1) is 6.92 Å². The van der Waals surface area contributed by atoms with E-state index in [1.807, 2.05) is 61.5 Å². The molecule has 1 saturated carbocycles. The van der Waals surface area contributed by atoms with Crippen molar-refractivity contribution < 1.29 is 27.5 Å². The molecule has 45 heavy (non-hydrogen) atoms. The number of nitrogens with one attached hydrogen (secondary N) is 1. The highest BCUT2D eigenvalue weighted by atomic mass is 32.2. The Morgan fingerprint density at radius 1 is 0.933 bits per heavy atom. The number of hydrogen-bond acceptors (Lipinski definition) is 6. The van der Waals surface area contributed by atoms with Crippen LogP contribution < -0.4 is 19.1 Å². The lowest BCUT2D eigenvalue weighted by atomic mass is 9.94. The van der Waals surface area contributed by atoms with Crippen molar-refractivity contribution in [3.8, 4) is 11.5 Å². The number of rotatable bonds is 13. The predicted molar refractivity (Wildman–Crippen MR) is 175 cm³/mol. The summed E-state index contributed by atoms with van der Waals surface area (Å²) in [4.78, 5) is 29.9. The van der Waals surface area contributed by atoms with Crippen LogP contribution in [-0.4, -0.2) is 56.8 Å². The van der Waals surface area contributed by atoms with Gasteiger partial charge in [0.25, 0.3) is 0 Å². The van der Waals surface area contributed by atoms with E-state index in [1.54, 1.807) is 23.1 Å². The summed E-state index contributed by atoms with van der Waals surface area (Å²) < 4.78 is 37.7. The van der Waals surface area contributed by atoms with Gasteiger partial charge in [0.1, 0.15) is 6.04 Å². The van der Waals surface area contributed by atoms with Crippen molar-refractivity contribution in [1.29, 1.82) is 0 Å². The lowest BCUT2D eigenvalue weighted by Gasteiger charge is -2.34. The Morgan fingerprint density at radius 3 is 2.38 bits per heavy atom. The largest absolute Gasteiger partial charge is 0.454 e. The van der Waals surface area contributed by atoms with Crippen LogP contribution in [0.5, 0.6) is 11.5 Å². The van der Waals surface area contributed by atoms with Crippen molar-refractivity contribution >= 4 is 27.5 Å². The lowest BCUT2D eigenvalue weighted by Crippen LogP contribution is -2.53. The molecule has 10 heteroatoms. The summed E-state index contributed by atoms with van der Waals surface area (Å²) in [5, 5.41) is 3.27. The summed E-state index contributed by atoms with van der Waals surface area (Å²) >= 11 is 0. The number of carbonyl (C=O) groups is 2. The maximum atomic E-state index is 14.1. The van der Waals surface area contributed by atoms with Gasteiger partial charge in [0.05, 0.1) is 11.9 Å². The Morgan fingerprint density at radius 2 is 1.64 bits per heavy atom. The lowest BCUT2D eigenvalue weighted by molar-refractivity contribution is -0.141. The molecule has 3 aromatic rings. The number of nitrogens with zero attached hydrogens (tertiary/aromatic N) is 2. The van der Waals surface area contributed by atoms with E-state index in [-0.39, 0.29) is 50.6 Å². The van der Waals surface area contributed by atoms with Gasteiger partial charge in [0.15, 0.2) is 11.5 Å². The maximum Gasteiger partial charge on any atom is 0.243 e. The first kappa shape index (κ1) is 32.3. The zero-order valence-electron chi connectivity index (χ0n) is 26.1. The average Bonchev–Trinajstić information content (AvgIpc) is 3.50. The molecule has 2 aliphatic rings. The Hall–Kier alpha value is -4.05. The second kappa shape index (κ2) is 14.8. The summed E-state index contributed by atoms with van der Waals surface area (Å²) in [6.45, 7) is 2.46. The van der Waals surface area contributed by atoms with Crippen LogP contribution in [0.2, 0.25) is 0 Å². The third-order valence-electron chi connectivity index (χ3n) is 8.62. The molecule has 1 unspecified atom stereocenters. The van der Waals surface area contributed by atoms with Crippen molar-refractivity contribution in [2.75, 3.05) is 23.9 Å². The molecule has 0 saturated heterocycles. The molecule has 0 radical (unpaired) electrons. The molecule has 3 aromatic carbocycles. The zero-order chi connectivity index (χ0) is 31.8. The van der Waals surface area contributed by atoms with E-state index in [2.05, 4.69) is 5.32 Å². The topological polar surface area (TPSA) is 105 Å². The number of sulfonamides is 1. The maximum absolute atomic E-state index is 14.1. The number of ether oxygens (including phenoxy) is 2. The molecule has 1 aliphatic carbocycles. The Kier molecular flexibility index (Phi) is 10.7. The van der Waals surface area contributed by atoms with Crippen LogP contribution in [0.15, 0.2) is 72.8 Å². The first-order chi connectivity index (χ1) is 21.7. The second-order valence-electron chi connectivity index (χ2n) is 12.0. The molecule has 240 valence electrons. The van der Waals surface area contributed by atoms with Crippen molar-refractivity contribution in [3.05, 3.63) is 89.5 Å². The van der Waals surface area contributed by atoms with Gasteiger partial charge in [0.2, 0.25) is 28.6 Å². The summed E-state index contributed by atoms with van der Waals surface area (Å²) in [7, 11) is -3.65. The number of amides is 2. The average molecular weight is 634 g/mol. The van der Waals surface area contributed by atoms with Gasteiger partial charge in [-0.2, -0.15) is 0 Å². The molecular formula is C35H43N3O6S. The van der Waals surface area contributed by atoms with E-state index in [0.717, 1.165) is 48.6 Å². The van der Waals surface area contributed by atoms with Crippen LogP contribution in [0.3, 0.4) is 0 Å². The number of anilines is 1. The van der Waals surface area contributed by atoms with Gasteiger partial charge in [-0.3, -0.25) is 13.9 Å². The van der Waals surface area contributed by atoms with Crippen LogP contribution in [0.4, 0.5) is 5.69 Å². The van der Waals surface area contributed by atoms with Gasteiger partial charge < -0.3 is 19.7 Å². The standard InChI is InChI=1S/C35H43N3O6S/c1-26-12-9-10-15-28(26)24-37(31(22-27-13-5-3-6-14-27)35(40)36-29-16-7-4-8-17-29)34(39)18-11-21-38(45(2,41)42)30-19-20-32-33(23-30)44-25-43-32/h3,5-6,9-10,12-15,19-20,23,29,31H,4,7-8,11,16-18,21-22,24-25H2,1-2H3,(H,36,40). The minimum absolute atomic E-state index is 0.0739. The van der Waals surface area contributed by atoms with E-state index in [9.17, 15) is 18.0 Å². The molecule has 0 aromatic heterocycles. The van der Waals surface area contributed by atoms with Crippen molar-refractivity contribution in [3.63, 3.8) is 0 Å². The molecule has 2 amide bonds. The molecule has 1 N–H and O–H groups in total. The number of carbonyl (C=O) groups excluding carboxylic acids is 2. The molecular weight excluding hydrogens is 590 g/mol. The highest BCUT2D eigenvalue weighted by molar-refractivity contribution is 7.92. The summed E-state index contributed by atoms with van der Waals surface area (Å²) in [6, 6.07) is 22.0. The van der Waals surface area contributed by atoms with Gasteiger partial charge in [-0.25, -0.2) is 8.42 Å². The van der Waals surface area contributed by atoms with E-state index in [0.29, 0.717) is 23.6 Å². The first-order valence-electron chi connectivity index (χ1n) is 15.7. The number of aryl methyl sites for hydroxylation is 1. The molecule has 1 heterocycles. The van der Waals surface area contributed by atoms with Crippen LogP contribution in [0.1, 0.15) is 61.6 Å². The fourth-order valence-corrected chi connectivity index (χ4v) is 7.07. The minimum Gasteiger partial charge on any atom is -0.454 e. The van der Waals surface area contributed by atoms with Crippen molar-refractivity contribution in [1.82, 2.24) is 10.2 Å². The fourth-order valence-electron chi connectivity index (χ4n) is 6.11. The van der Waals surface area contributed by atoms with Gasteiger partial charge >= 0.3 is 0 Å². The number of fused-ring (bicyclic) bond motifs is 1. The van der Waals surface area contributed by atoms with E-state index in [4.69, 9.17) is 9.47 Å². The molecule has 1 fully saturated rings. The smallest absolute Gasteiger partial charge is 0.243 e. The Balaban J connectivity index is 1.38. The van der Waals surface area contributed by atoms with Crippen LogP contribution >= 0.6 is 0 Å². The molecule has 1 aliphatic heterocycles. The monoisotopic (exact) mass is 633 g/mol. The molecule has 0 spiro atoms. The zero-order valence-corrected chi connectivity index (χ0v) is 26.9. The minimum atomic E-state index is -3.65. The highest BCUT2D eigenvalue weighted by Gasteiger charge is 2.32. The van der Waals surface area contributed by atoms with Gasteiger partial charge in [-0.15, -0.1) is 0 Å². The number of hydrogen-bond donors (Lipinski definition) is 1. The summed E-state index contributed by atoms with van der Waals surface area (Å²) in [5.41, 5.74) is 3.41. The Labute approximate surface area is 266 Å². The Bertz CT molecular complexity index is 1570. The highest BCUT2D eigenvalue weighted by Crippen LogP contribution is 2.36. The number of benzene rings is 3. The third kappa shape index (κ3) is 8.57. The first-order valence-corrected chi connectivity index (χ1v) is 17.6. The molecule has 0 bridgehead atoms. The van der Waals surface area contributed by atoms with E-state index < -0.39 is 16.1 Å². The second-order valence-corrected chi connectivity index (χ2v) is 13.9. The van der Waals surface area contributed by atoms with Gasteiger partial charge in [0, 0.05) is 38.0 Å². The molecule has 1 atom stereocenters. The van der Waals surface area contributed by atoms with Crippen molar-refractivity contribution in [2.24, 2.45) is 0 Å². The van der Waals surface area contributed by atoms with Crippen LogP contribution in [-0.2, 0) is 32.6 Å². The van der Waals surface area contributed by atoms with E-state index >= 15 is 0 Å². The van der Waals surface area contributed by atoms with Crippen molar-refractivity contribution in [2.45, 2.75) is 76.9 Å². The predicted octanol–water partition coefficient (Wildman–Crippen LogP) is 5.36. The molecule has 9 nitrogen and oxygen atoms in total. The SMILES string of the molecule is Cc1ccccc1CN(C(=O)CCCN(c1ccc2c(c1)OCO2)S(C)(=O)=O)C(Cc1ccccc1)C(=O)NC1CCCCC1. The third-order valence-corrected chi connectivity index (χ3v) is 9.81. The van der Waals surface area contributed by atoms with Gasteiger partial charge in [-0.05, 0) is 55.0 Å². The molecule has 5 rings (SSSR count).